The van der Waals surface area contributed by atoms with Gasteiger partial charge in [0.2, 0.25) is 15.9 Å². The molecule has 0 unspecified atom stereocenters. The average molecular weight is 456 g/mol. The molecule has 0 spiro atoms. The Kier molecular flexibility index (Phi) is 7.19. The van der Waals surface area contributed by atoms with Crippen molar-refractivity contribution in [3.05, 3.63) is 58.1 Å². The van der Waals surface area contributed by atoms with Crippen LogP contribution in [0, 0.1) is 0 Å². The standard InChI is InChI=1S/C20H23Cl2N3O3S/c1-2-15-6-3-4-9-18(15)23-19(26)14-24-10-12-25(13-11-24)29(27,28)20-16(21)7-5-8-17(20)22/h3-9H,2,10-14H2,1H3,(H,23,26). The fourth-order valence-electron chi connectivity index (χ4n) is 3.33. The molecule has 2 aromatic carbocycles. The van der Waals surface area contributed by atoms with Crippen LogP contribution >= 0.6 is 23.2 Å². The second kappa shape index (κ2) is 9.45. The van der Waals surface area contributed by atoms with Gasteiger partial charge in [0.1, 0.15) is 4.90 Å². The summed E-state index contributed by atoms with van der Waals surface area (Å²) >= 11 is 12.2. The first kappa shape index (κ1) is 22.1. The number of carbonyl (C=O) groups excluding carboxylic acids is 1. The molecular formula is C20H23Cl2N3O3S. The lowest BCUT2D eigenvalue weighted by Crippen LogP contribution is -2.50. The smallest absolute Gasteiger partial charge is 0.246 e. The van der Waals surface area contributed by atoms with Crippen molar-refractivity contribution in [2.75, 3.05) is 38.0 Å². The topological polar surface area (TPSA) is 69.7 Å². The van der Waals surface area contributed by atoms with Gasteiger partial charge in [0.05, 0.1) is 16.6 Å². The van der Waals surface area contributed by atoms with E-state index in [4.69, 9.17) is 23.2 Å². The molecule has 1 amide bonds. The van der Waals surface area contributed by atoms with Crippen LogP contribution in [-0.2, 0) is 21.2 Å². The van der Waals surface area contributed by atoms with E-state index in [0.717, 1.165) is 17.7 Å². The van der Waals surface area contributed by atoms with Crippen molar-refractivity contribution >= 4 is 44.8 Å². The highest BCUT2D eigenvalue weighted by Gasteiger charge is 2.32. The maximum atomic E-state index is 12.9. The number of benzene rings is 2. The van der Waals surface area contributed by atoms with Gasteiger partial charge in [-0.1, -0.05) is 54.4 Å². The number of piperazine rings is 1. The highest BCUT2D eigenvalue weighted by molar-refractivity contribution is 7.89. The summed E-state index contributed by atoms with van der Waals surface area (Å²) in [5.41, 5.74) is 1.89. The Morgan fingerprint density at radius 3 is 2.24 bits per heavy atom. The van der Waals surface area contributed by atoms with E-state index in [1.165, 1.54) is 16.4 Å². The predicted octanol–water partition coefficient (Wildman–Crippen LogP) is 3.50. The van der Waals surface area contributed by atoms with Crippen molar-refractivity contribution in [2.24, 2.45) is 0 Å². The van der Waals surface area contributed by atoms with Crippen LogP contribution in [0.1, 0.15) is 12.5 Å². The third kappa shape index (κ3) is 5.10. The van der Waals surface area contributed by atoms with E-state index in [-0.39, 0.29) is 40.5 Å². The van der Waals surface area contributed by atoms with E-state index in [1.807, 2.05) is 36.1 Å². The van der Waals surface area contributed by atoms with Crippen LogP contribution in [0.5, 0.6) is 0 Å². The van der Waals surface area contributed by atoms with E-state index in [9.17, 15) is 13.2 Å². The maximum Gasteiger partial charge on any atom is 0.246 e. The van der Waals surface area contributed by atoms with Gasteiger partial charge in [-0.15, -0.1) is 0 Å². The summed E-state index contributed by atoms with van der Waals surface area (Å²) < 4.78 is 27.2. The summed E-state index contributed by atoms with van der Waals surface area (Å²) in [6.45, 7) is 3.68. The summed E-state index contributed by atoms with van der Waals surface area (Å²) in [6.07, 6.45) is 0.831. The summed E-state index contributed by atoms with van der Waals surface area (Å²) in [5.74, 6) is -0.114. The Labute approximate surface area is 181 Å². The molecule has 1 heterocycles. The van der Waals surface area contributed by atoms with Gasteiger partial charge in [-0.05, 0) is 30.2 Å². The number of halogens is 2. The largest absolute Gasteiger partial charge is 0.325 e. The highest BCUT2D eigenvalue weighted by Crippen LogP contribution is 2.31. The van der Waals surface area contributed by atoms with Crippen LogP contribution in [0.2, 0.25) is 10.0 Å². The van der Waals surface area contributed by atoms with Gasteiger partial charge in [-0.3, -0.25) is 9.69 Å². The monoisotopic (exact) mass is 455 g/mol. The Hall–Kier alpha value is -1.64. The number of anilines is 1. The SMILES string of the molecule is CCc1ccccc1NC(=O)CN1CCN(S(=O)(=O)c2c(Cl)cccc2Cl)CC1. The van der Waals surface area contributed by atoms with Crippen molar-refractivity contribution in [3.8, 4) is 0 Å². The van der Waals surface area contributed by atoms with Gasteiger partial charge in [-0.25, -0.2) is 8.42 Å². The van der Waals surface area contributed by atoms with Gasteiger partial charge < -0.3 is 5.32 Å². The van der Waals surface area contributed by atoms with Crippen molar-refractivity contribution in [1.82, 2.24) is 9.21 Å². The molecule has 1 aliphatic heterocycles. The Morgan fingerprint density at radius 1 is 1.00 bits per heavy atom. The van der Waals surface area contributed by atoms with Gasteiger partial charge in [-0.2, -0.15) is 4.31 Å². The number of para-hydroxylation sites is 1. The van der Waals surface area contributed by atoms with E-state index >= 15 is 0 Å². The van der Waals surface area contributed by atoms with Crippen LogP contribution in [0.3, 0.4) is 0 Å². The van der Waals surface area contributed by atoms with E-state index in [2.05, 4.69) is 5.32 Å². The zero-order chi connectivity index (χ0) is 21.0. The van der Waals surface area contributed by atoms with E-state index in [1.54, 1.807) is 6.07 Å². The van der Waals surface area contributed by atoms with Crippen molar-refractivity contribution in [2.45, 2.75) is 18.2 Å². The number of nitrogens with zero attached hydrogens (tertiary/aromatic N) is 2. The van der Waals surface area contributed by atoms with Crippen LogP contribution < -0.4 is 5.32 Å². The Balaban J connectivity index is 1.60. The molecule has 3 rings (SSSR count). The summed E-state index contributed by atoms with van der Waals surface area (Å²) in [5, 5.41) is 3.15. The van der Waals surface area contributed by atoms with Crippen LogP contribution in [0.15, 0.2) is 47.4 Å². The number of carbonyl (C=O) groups is 1. The van der Waals surface area contributed by atoms with Gasteiger partial charge >= 0.3 is 0 Å². The molecule has 1 fully saturated rings. The van der Waals surface area contributed by atoms with Crippen molar-refractivity contribution in [3.63, 3.8) is 0 Å². The minimum Gasteiger partial charge on any atom is -0.325 e. The molecular weight excluding hydrogens is 433 g/mol. The summed E-state index contributed by atoms with van der Waals surface area (Å²) in [6, 6.07) is 12.3. The summed E-state index contributed by atoms with van der Waals surface area (Å²) in [4.78, 5) is 14.3. The molecule has 1 N–H and O–H groups in total. The molecule has 2 aromatic rings. The lowest BCUT2D eigenvalue weighted by Gasteiger charge is -2.33. The van der Waals surface area contributed by atoms with Crippen molar-refractivity contribution in [1.29, 1.82) is 0 Å². The first-order chi connectivity index (χ1) is 13.8. The Bertz CT molecular complexity index is 970. The van der Waals surface area contributed by atoms with Gasteiger partial charge in [0.25, 0.3) is 0 Å². The van der Waals surface area contributed by atoms with Gasteiger partial charge in [0, 0.05) is 31.9 Å². The minimum atomic E-state index is -3.79. The fraction of sp³-hybridized carbons (Fsp3) is 0.350. The maximum absolute atomic E-state index is 12.9. The van der Waals surface area contributed by atoms with Crippen molar-refractivity contribution < 1.29 is 13.2 Å². The molecule has 156 valence electrons. The molecule has 1 aliphatic rings. The Morgan fingerprint density at radius 2 is 1.62 bits per heavy atom. The molecule has 0 aliphatic carbocycles. The highest BCUT2D eigenvalue weighted by atomic mass is 35.5. The third-order valence-electron chi connectivity index (χ3n) is 4.89. The number of sulfonamides is 1. The number of amides is 1. The van der Waals surface area contributed by atoms with E-state index < -0.39 is 10.0 Å². The van der Waals surface area contributed by atoms with Gasteiger partial charge in [0.15, 0.2) is 0 Å². The number of hydrogen-bond acceptors (Lipinski definition) is 4. The molecule has 0 saturated carbocycles. The van der Waals surface area contributed by atoms with Crippen LogP contribution in [-0.4, -0.2) is 56.3 Å². The molecule has 0 atom stereocenters. The van der Waals surface area contributed by atoms with E-state index in [0.29, 0.717) is 13.1 Å². The number of rotatable bonds is 6. The molecule has 0 aromatic heterocycles. The number of nitrogens with one attached hydrogen (secondary N) is 1. The zero-order valence-electron chi connectivity index (χ0n) is 16.1. The fourth-order valence-corrected chi connectivity index (χ4v) is 5.84. The van der Waals surface area contributed by atoms with Crippen LogP contribution in [0.25, 0.3) is 0 Å². The number of aryl methyl sites for hydroxylation is 1. The lowest BCUT2D eigenvalue weighted by molar-refractivity contribution is -0.117. The predicted molar refractivity (Wildman–Crippen MR) is 116 cm³/mol. The lowest BCUT2D eigenvalue weighted by atomic mass is 10.1. The first-order valence-electron chi connectivity index (χ1n) is 9.37. The molecule has 0 radical (unpaired) electrons. The quantitative estimate of drug-likeness (QED) is 0.723. The minimum absolute atomic E-state index is 0.0642. The average Bonchev–Trinajstić information content (AvgIpc) is 2.68. The van der Waals surface area contributed by atoms with Crippen LogP contribution in [0.4, 0.5) is 5.69 Å². The number of hydrogen-bond donors (Lipinski definition) is 1. The zero-order valence-corrected chi connectivity index (χ0v) is 18.4. The molecule has 1 saturated heterocycles. The second-order valence-corrected chi connectivity index (χ2v) is 9.48. The third-order valence-corrected chi connectivity index (χ3v) is 7.74. The molecule has 0 bridgehead atoms. The summed E-state index contributed by atoms with van der Waals surface area (Å²) in [7, 11) is -3.79. The first-order valence-corrected chi connectivity index (χ1v) is 11.6. The molecule has 9 heteroatoms. The molecule has 6 nitrogen and oxygen atoms in total. The second-order valence-electron chi connectivity index (χ2n) is 6.79. The molecule has 29 heavy (non-hydrogen) atoms. The normalized spacial score (nSPS) is 16.0.